The predicted molar refractivity (Wildman–Crippen MR) is 70.7 cm³/mol. The van der Waals surface area contributed by atoms with Crippen molar-refractivity contribution in [3.8, 4) is 0 Å². The quantitative estimate of drug-likeness (QED) is 0.375. The molecule has 0 saturated carbocycles. The highest BCUT2D eigenvalue weighted by atomic mass is 31.2. The van der Waals surface area contributed by atoms with Crippen LogP contribution in [0.1, 0.15) is 54.7 Å². The van der Waals surface area contributed by atoms with Crippen molar-refractivity contribution in [3.05, 3.63) is 0 Å². The zero-order valence-corrected chi connectivity index (χ0v) is 13.1. The Labute approximate surface area is 115 Å². The summed E-state index contributed by atoms with van der Waals surface area (Å²) in [7, 11) is 1.44. The van der Waals surface area contributed by atoms with Crippen LogP contribution in [-0.4, -0.2) is 32.2 Å². The van der Waals surface area contributed by atoms with Crippen molar-refractivity contribution in [2.24, 2.45) is 0 Å². The monoisotopic (exact) mass is 283 g/mol. The summed E-state index contributed by atoms with van der Waals surface area (Å²) in [6.45, 7) is 3.60. The lowest BCUT2D eigenvalue weighted by Crippen LogP contribution is -2.35. The summed E-state index contributed by atoms with van der Waals surface area (Å²) in [6.07, 6.45) is 9.95. The van der Waals surface area contributed by atoms with Crippen LogP contribution >= 0.6 is 7.82 Å². The van der Waals surface area contributed by atoms with E-state index in [1.165, 1.54) is 51.5 Å². The van der Waals surface area contributed by atoms with E-state index >= 15 is 0 Å². The first kappa shape index (κ1) is 20.4. The van der Waals surface area contributed by atoms with Crippen LogP contribution < -0.4 is 14.7 Å². The minimum atomic E-state index is -5.39. The number of hydrogen-bond donors (Lipinski definition) is 0. The van der Waals surface area contributed by atoms with Crippen molar-refractivity contribution in [2.75, 3.05) is 27.7 Å². The summed E-state index contributed by atoms with van der Waals surface area (Å²) >= 11 is 0. The fourth-order valence-electron chi connectivity index (χ4n) is 1.54. The molecule has 0 spiro atoms. The standard InChI is InChI=1S/C12H28N.H3O4P/c1-5-6-7-8-9-10-11-12-13(2,3)4;1-5(2,3)4/h5-12H2,1-4H3;(H3,1,2,3,4)/q+1;/p-1. The van der Waals surface area contributed by atoms with Gasteiger partial charge in [-0.2, -0.15) is 7.82 Å². The normalized spacial score (nSPS) is 11.9. The van der Waals surface area contributed by atoms with Gasteiger partial charge in [-0.05, 0) is 12.8 Å². The first-order valence-electron chi connectivity index (χ1n) is 6.60. The molecule has 0 amide bonds. The van der Waals surface area contributed by atoms with Gasteiger partial charge in [0, 0.05) is 0 Å². The molecule has 0 bridgehead atoms. The molecule has 0 aliphatic carbocycles. The fourth-order valence-corrected chi connectivity index (χ4v) is 1.54. The van der Waals surface area contributed by atoms with E-state index in [4.69, 9.17) is 19.2 Å². The Kier molecular flexibility index (Phi) is 12.4. The van der Waals surface area contributed by atoms with Crippen LogP contribution in [-0.2, 0) is 4.57 Å². The van der Waals surface area contributed by atoms with Gasteiger partial charge in [0.15, 0.2) is 0 Å². The predicted octanol–water partition coefficient (Wildman–Crippen LogP) is 0.844. The highest BCUT2D eigenvalue weighted by Crippen LogP contribution is 2.07. The summed E-state index contributed by atoms with van der Waals surface area (Å²) in [5.74, 6) is 0. The molecule has 0 aliphatic heterocycles. The second-order valence-electron chi connectivity index (χ2n) is 5.58. The Morgan fingerprint density at radius 1 is 0.889 bits per heavy atom. The fraction of sp³-hybridized carbons (Fsp3) is 1.00. The number of nitrogens with zero attached hydrogens (tertiary/aromatic N) is 1. The maximum absolute atomic E-state index is 8.55. The molecule has 0 saturated heterocycles. The minimum Gasteiger partial charge on any atom is -0.822 e. The lowest BCUT2D eigenvalue weighted by atomic mass is 10.1. The summed E-state index contributed by atoms with van der Waals surface area (Å²) in [4.78, 5) is 25.6. The third-order valence-electron chi connectivity index (χ3n) is 2.43. The van der Waals surface area contributed by atoms with Crippen LogP contribution in [0.3, 0.4) is 0 Å². The minimum absolute atomic E-state index is 0. The van der Waals surface area contributed by atoms with Crippen LogP contribution in [0.2, 0.25) is 0 Å². The number of unbranched alkanes of at least 4 members (excludes halogenated alkanes) is 6. The largest absolute Gasteiger partial charge is 1.00 e. The third kappa shape index (κ3) is 36.0. The van der Waals surface area contributed by atoms with Gasteiger partial charge in [0.25, 0.3) is 0 Å². The molecule has 0 atom stereocenters. The Balaban J connectivity index is -0.000000158. The van der Waals surface area contributed by atoms with Crippen molar-refractivity contribution in [2.45, 2.75) is 51.9 Å². The van der Waals surface area contributed by atoms with Crippen LogP contribution in [0.5, 0.6) is 0 Å². The first-order valence-corrected chi connectivity index (χ1v) is 8.06. The van der Waals surface area contributed by atoms with Crippen LogP contribution in [0.4, 0.5) is 0 Å². The Bertz CT molecular complexity index is 224. The number of hydrogen-bond acceptors (Lipinski definition) is 4. The zero-order chi connectivity index (χ0) is 14.7. The van der Waals surface area contributed by atoms with E-state index in [0.717, 1.165) is 4.48 Å². The van der Waals surface area contributed by atoms with Gasteiger partial charge in [0.05, 0.1) is 27.7 Å². The van der Waals surface area contributed by atoms with Gasteiger partial charge < -0.3 is 23.7 Å². The molecule has 112 valence electrons. The maximum Gasteiger partial charge on any atom is 1.00 e. The van der Waals surface area contributed by atoms with E-state index in [1.54, 1.807) is 0 Å². The second kappa shape index (κ2) is 10.9. The Hall–Kier alpha value is 0.0700. The summed E-state index contributed by atoms with van der Waals surface area (Å²) in [5, 5.41) is 0. The third-order valence-corrected chi connectivity index (χ3v) is 2.43. The van der Waals surface area contributed by atoms with E-state index in [2.05, 4.69) is 28.1 Å². The highest BCUT2D eigenvalue weighted by molar-refractivity contribution is 7.40. The van der Waals surface area contributed by atoms with Crippen molar-refractivity contribution in [1.82, 2.24) is 0 Å². The summed E-state index contributed by atoms with van der Waals surface area (Å²) in [6, 6.07) is 0. The van der Waals surface area contributed by atoms with Crippen molar-refractivity contribution >= 4 is 7.82 Å². The van der Waals surface area contributed by atoms with E-state index in [-0.39, 0.29) is 2.85 Å². The molecule has 0 radical (unpaired) electrons. The topological polar surface area (TPSA) is 86.2 Å². The maximum atomic E-state index is 8.55. The molecule has 0 aromatic heterocycles. The lowest BCUT2D eigenvalue weighted by Gasteiger charge is -2.36. The Morgan fingerprint density at radius 2 is 1.22 bits per heavy atom. The molecule has 18 heavy (non-hydrogen) atoms. The van der Waals surface area contributed by atoms with E-state index < -0.39 is 7.82 Å². The molecule has 0 N–H and O–H groups in total. The lowest BCUT2D eigenvalue weighted by molar-refractivity contribution is -0.870. The van der Waals surface area contributed by atoms with Gasteiger partial charge in [-0.3, -0.25) is 0 Å². The van der Waals surface area contributed by atoms with E-state index in [0.29, 0.717) is 0 Å². The molecule has 0 unspecified atom stereocenters. The smallest absolute Gasteiger partial charge is 0.822 e. The molecular weight excluding hydrogens is 253 g/mol. The SMILES string of the molecule is CCCCCCCCC[N+](C)(C)C.O=P([O-])([O-])[O-].[H+].[H+]. The first-order chi connectivity index (χ1) is 8.06. The van der Waals surface area contributed by atoms with Gasteiger partial charge in [0.2, 0.25) is 0 Å². The molecular formula is C12H30NO4P. The van der Waals surface area contributed by atoms with Crippen LogP contribution in [0.15, 0.2) is 0 Å². The summed E-state index contributed by atoms with van der Waals surface area (Å²) < 4.78 is 9.67. The van der Waals surface area contributed by atoms with E-state index in [1.807, 2.05) is 0 Å². The summed E-state index contributed by atoms with van der Waals surface area (Å²) in [5.41, 5.74) is 0. The van der Waals surface area contributed by atoms with Gasteiger partial charge in [-0.1, -0.05) is 39.0 Å². The molecule has 0 heterocycles. The van der Waals surface area contributed by atoms with E-state index in [9.17, 15) is 0 Å². The Morgan fingerprint density at radius 3 is 1.56 bits per heavy atom. The highest BCUT2D eigenvalue weighted by Gasteiger charge is 2.04. The average molecular weight is 283 g/mol. The van der Waals surface area contributed by atoms with Crippen LogP contribution in [0, 0.1) is 0 Å². The van der Waals surface area contributed by atoms with Crippen LogP contribution in [0.25, 0.3) is 0 Å². The van der Waals surface area contributed by atoms with Gasteiger partial charge in [-0.15, -0.1) is 0 Å². The number of rotatable bonds is 8. The molecule has 6 heteroatoms. The van der Waals surface area contributed by atoms with Crippen molar-refractivity contribution in [3.63, 3.8) is 0 Å². The number of phosphoric acid groups is 1. The molecule has 0 aromatic rings. The zero-order valence-electron chi connectivity index (χ0n) is 14.2. The molecule has 0 aromatic carbocycles. The van der Waals surface area contributed by atoms with Gasteiger partial charge in [0.1, 0.15) is 0 Å². The molecule has 0 rings (SSSR count). The average Bonchev–Trinajstić information content (AvgIpc) is 2.12. The van der Waals surface area contributed by atoms with Gasteiger partial charge >= 0.3 is 2.85 Å². The second-order valence-corrected chi connectivity index (χ2v) is 6.48. The van der Waals surface area contributed by atoms with Crippen molar-refractivity contribution < 1.29 is 26.6 Å². The molecule has 0 aliphatic rings. The molecule has 5 nitrogen and oxygen atoms in total. The van der Waals surface area contributed by atoms with Gasteiger partial charge in [-0.25, -0.2) is 0 Å². The van der Waals surface area contributed by atoms with Crippen molar-refractivity contribution in [1.29, 1.82) is 0 Å². The number of quaternary nitrogens is 1. The molecule has 0 fully saturated rings.